The van der Waals surface area contributed by atoms with Gasteiger partial charge in [0, 0.05) is 13.1 Å². The molecule has 40 heavy (non-hydrogen) atoms. The minimum Gasteiger partial charge on any atom is -0.497 e. The van der Waals surface area contributed by atoms with E-state index in [9.17, 15) is 18.0 Å². The number of nitrogens with one attached hydrogen (secondary N) is 1. The molecular formula is C29H33Cl2N3O5S. The van der Waals surface area contributed by atoms with E-state index in [-0.39, 0.29) is 23.0 Å². The van der Waals surface area contributed by atoms with E-state index in [0.717, 1.165) is 10.7 Å². The van der Waals surface area contributed by atoms with E-state index in [1.54, 1.807) is 67.6 Å². The Balaban J connectivity index is 2.05. The molecule has 1 N–H and O–H groups in total. The van der Waals surface area contributed by atoms with Crippen LogP contribution in [0.25, 0.3) is 0 Å². The lowest BCUT2D eigenvalue weighted by molar-refractivity contribution is -0.140. The Kier molecular flexibility index (Phi) is 11.2. The lowest BCUT2D eigenvalue weighted by Gasteiger charge is -2.33. The average molecular weight is 607 g/mol. The van der Waals surface area contributed by atoms with Crippen LogP contribution in [0, 0.1) is 0 Å². The van der Waals surface area contributed by atoms with Crippen molar-refractivity contribution in [1.29, 1.82) is 0 Å². The van der Waals surface area contributed by atoms with Gasteiger partial charge in [0.25, 0.3) is 10.0 Å². The highest BCUT2D eigenvalue weighted by molar-refractivity contribution is 7.92. The minimum atomic E-state index is -4.15. The summed E-state index contributed by atoms with van der Waals surface area (Å²) in [6.07, 6.45) is 1.04. The lowest BCUT2D eigenvalue weighted by Crippen LogP contribution is -2.52. The number of nitrogens with zero attached hydrogens (tertiary/aromatic N) is 2. The fraction of sp³-hybridized carbons (Fsp3) is 0.310. The van der Waals surface area contributed by atoms with Gasteiger partial charge in [-0.1, -0.05) is 61.3 Å². The molecule has 3 rings (SSSR count). The zero-order valence-electron chi connectivity index (χ0n) is 22.6. The second kappa shape index (κ2) is 14.4. The molecule has 1 atom stereocenters. The number of halogens is 2. The quantitative estimate of drug-likeness (QED) is 0.276. The van der Waals surface area contributed by atoms with Crippen LogP contribution in [0.2, 0.25) is 10.0 Å². The molecule has 214 valence electrons. The molecule has 0 aliphatic heterocycles. The average Bonchev–Trinajstić information content (AvgIpc) is 2.96. The zero-order valence-corrected chi connectivity index (χ0v) is 25.0. The predicted octanol–water partition coefficient (Wildman–Crippen LogP) is 5.53. The molecule has 0 aromatic heterocycles. The number of hydrogen-bond acceptors (Lipinski definition) is 5. The van der Waals surface area contributed by atoms with Crippen LogP contribution < -0.4 is 14.4 Å². The van der Waals surface area contributed by atoms with Crippen LogP contribution in [-0.4, -0.2) is 51.4 Å². The third kappa shape index (κ3) is 7.68. The van der Waals surface area contributed by atoms with Crippen LogP contribution in [0.1, 0.15) is 32.3 Å². The molecule has 0 aliphatic carbocycles. The van der Waals surface area contributed by atoms with Crippen molar-refractivity contribution < 1.29 is 22.7 Å². The second-order valence-corrected chi connectivity index (χ2v) is 11.7. The van der Waals surface area contributed by atoms with Crippen LogP contribution in [0.3, 0.4) is 0 Å². The second-order valence-electron chi connectivity index (χ2n) is 9.01. The Bertz CT molecular complexity index is 1400. The number of hydrogen-bond donors (Lipinski definition) is 1. The molecule has 2 amide bonds. The van der Waals surface area contributed by atoms with Gasteiger partial charge < -0.3 is 15.0 Å². The summed E-state index contributed by atoms with van der Waals surface area (Å²) in [7, 11) is -2.64. The highest BCUT2D eigenvalue weighted by Gasteiger charge is 2.33. The maximum absolute atomic E-state index is 14.0. The summed E-state index contributed by atoms with van der Waals surface area (Å²) in [6, 6.07) is 18.4. The SMILES string of the molecule is CCCNC(=O)[C@@H](CC)N(Cc1ccc(Cl)c(Cl)c1)C(=O)CN(c1ccc(OC)cc1)S(=O)(=O)c1ccccc1. The number of carbonyl (C=O) groups is 2. The lowest BCUT2D eigenvalue weighted by atomic mass is 10.1. The Morgan fingerprint density at radius 2 is 1.62 bits per heavy atom. The molecule has 3 aromatic rings. The Morgan fingerprint density at radius 1 is 0.950 bits per heavy atom. The standard InChI is InChI=1S/C29H33Cl2N3O5S/c1-4-17-32-29(36)27(5-2)33(19-21-11-16-25(30)26(31)18-21)28(35)20-34(22-12-14-23(39-3)15-13-22)40(37,38)24-9-7-6-8-10-24/h6-16,18,27H,4-5,17,19-20H2,1-3H3,(H,32,36)/t27-/m1/s1. The predicted molar refractivity (Wildman–Crippen MR) is 158 cm³/mol. The van der Waals surface area contributed by atoms with Gasteiger partial charge in [-0.2, -0.15) is 0 Å². The third-order valence-corrected chi connectivity index (χ3v) is 8.77. The van der Waals surface area contributed by atoms with E-state index in [4.69, 9.17) is 27.9 Å². The molecule has 0 bridgehead atoms. The van der Waals surface area contributed by atoms with E-state index in [1.165, 1.54) is 24.1 Å². The topological polar surface area (TPSA) is 96.0 Å². The van der Waals surface area contributed by atoms with Crippen LogP contribution in [0.4, 0.5) is 5.69 Å². The Labute approximate surface area is 245 Å². The molecule has 3 aromatic carbocycles. The monoisotopic (exact) mass is 605 g/mol. The summed E-state index contributed by atoms with van der Waals surface area (Å²) in [4.78, 5) is 28.6. The van der Waals surface area contributed by atoms with Crippen molar-refractivity contribution in [2.45, 2.75) is 44.2 Å². The molecule has 0 spiro atoms. The van der Waals surface area contributed by atoms with Gasteiger partial charge in [-0.15, -0.1) is 0 Å². The minimum absolute atomic E-state index is 0.0234. The number of anilines is 1. The number of rotatable bonds is 13. The summed E-state index contributed by atoms with van der Waals surface area (Å²) in [6.45, 7) is 3.66. The normalized spacial score (nSPS) is 11.9. The van der Waals surface area contributed by atoms with Gasteiger partial charge in [0.05, 0.1) is 27.7 Å². The van der Waals surface area contributed by atoms with Crippen molar-refractivity contribution in [3.63, 3.8) is 0 Å². The number of ether oxygens (including phenoxy) is 1. The van der Waals surface area contributed by atoms with E-state index >= 15 is 0 Å². The third-order valence-electron chi connectivity index (χ3n) is 6.24. The van der Waals surface area contributed by atoms with Crippen LogP contribution in [0.5, 0.6) is 5.75 Å². The van der Waals surface area contributed by atoms with Crippen LogP contribution in [-0.2, 0) is 26.2 Å². The van der Waals surface area contributed by atoms with Crippen molar-refractivity contribution in [1.82, 2.24) is 10.2 Å². The van der Waals surface area contributed by atoms with Crippen LogP contribution >= 0.6 is 23.2 Å². The summed E-state index contributed by atoms with van der Waals surface area (Å²) in [5, 5.41) is 3.52. The van der Waals surface area contributed by atoms with Crippen molar-refractivity contribution in [3.05, 3.63) is 88.4 Å². The smallest absolute Gasteiger partial charge is 0.264 e. The van der Waals surface area contributed by atoms with Gasteiger partial charge in [0.15, 0.2) is 0 Å². The van der Waals surface area contributed by atoms with Gasteiger partial charge in [-0.3, -0.25) is 13.9 Å². The molecule has 0 fully saturated rings. The van der Waals surface area contributed by atoms with E-state index in [0.29, 0.717) is 34.3 Å². The van der Waals surface area contributed by atoms with Gasteiger partial charge in [0.1, 0.15) is 18.3 Å². The summed E-state index contributed by atoms with van der Waals surface area (Å²) >= 11 is 12.3. The van der Waals surface area contributed by atoms with Crippen LogP contribution in [0.15, 0.2) is 77.7 Å². The molecule has 0 radical (unpaired) electrons. The van der Waals surface area contributed by atoms with Crippen molar-refractivity contribution in [2.75, 3.05) is 24.5 Å². The van der Waals surface area contributed by atoms with E-state index in [1.807, 2.05) is 6.92 Å². The summed E-state index contributed by atoms with van der Waals surface area (Å²) in [5.74, 6) is -0.341. The van der Waals surface area contributed by atoms with Gasteiger partial charge in [0.2, 0.25) is 11.8 Å². The van der Waals surface area contributed by atoms with Crippen molar-refractivity contribution >= 4 is 50.7 Å². The number of methoxy groups -OCH3 is 1. The number of carbonyl (C=O) groups excluding carboxylic acids is 2. The highest BCUT2D eigenvalue weighted by Crippen LogP contribution is 2.28. The van der Waals surface area contributed by atoms with Crippen molar-refractivity contribution in [2.24, 2.45) is 0 Å². The Hall–Kier alpha value is -3.27. The first-order chi connectivity index (χ1) is 19.1. The first-order valence-corrected chi connectivity index (χ1v) is 15.0. The van der Waals surface area contributed by atoms with Gasteiger partial charge in [-0.25, -0.2) is 8.42 Å². The zero-order chi connectivity index (χ0) is 29.3. The fourth-order valence-corrected chi connectivity index (χ4v) is 5.87. The molecular weight excluding hydrogens is 573 g/mol. The number of amides is 2. The molecule has 0 heterocycles. The molecule has 0 unspecified atom stereocenters. The summed E-state index contributed by atoms with van der Waals surface area (Å²) < 4.78 is 33.9. The largest absolute Gasteiger partial charge is 0.497 e. The molecule has 8 nitrogen and oxygen atoms in total. The molecule has 0 saturated heterocycles. The van der Waals surface area contributed by atoms with Gasteiger partial charge in [-0.05, 0) is 66.9 Å². The maximum Gasteiger partial charge on any atom is 0.264 e. The first kappa shape index (κ1) is 31.3. The molecule has 0 aliphatic rings. The maximum atomic E-state index is 14.0. The molecule has 0 saturated carbocycles. The summed E-state index contributed by atoms with van der Waals surface area (Å²) in [5.41, 5.74) is 0.919. The fourth-order valence-electron chi connectivity index (χ4n) is 4.12. The van der Waals surface area contributed by atoms with Crippen molar-refractivity contribution in [3.8, 4) is 5.75 Å². The number of benzene rings is 3. The van der Waals surface area contributed by atoms with E-state index < -0.39 is 28.5 Å². The van der Waals surface area contributed by atoms with E-state index in [2.05, 4.69) is 5.32 Å². The number of sulfonamides is 1. The molecule has 11 heteroatoms. The highest BCUT2D eigenvalue weighted by atomic mass is 35.5. The first-order valence-electron chi connectivity index (χ1n) is 12.8. The Morgan fingerprint density at radius 3 is 2.20 bits per heavy atom. The van der Waals surface area contributed by atoms with Gasteiger partial charge >= 0.3 is 0 Å².